The van der Waals surface area contributed by atoms with Crippen molar-refractivity contribution in [2.24, 2.45) is 0 Å². The van der Waals surface area contributed by atoms with Crippen LogP contribution in [0, 0.1) is 0 Å². The fourth-order valence-electron chi connectivity index (χ4n) is 3.88. The van der Waals surface area contributed by atoms with Crippen LogP contribution in [0.5, 0.6) is 17.2 Å². The summed E-state index contributed by atoms with van der Waals surface area (Å²) in [5, 5.41) is 6.61. The Hall–Kier alpha value is -2.43. The monoisotopic (exact) mass is 455 g/mol. The summed E-state index contributed by atoms with van der Waals surface area (Å²) in [4.78, 5) is 0. The Labute approximate surface area is 196 Å². The lowest BCUT2D eigenvalue weighted by atomic mass is 10.0. The molecule has 3 aromatic carbocycles. The van der Waals surface area contributed by atoms with Gasteiger partial charge in [0.1, 0.15) is 5.75 Å². The van der Waals surface area contributed by atoms with Gasteiger partial charge in [-0.3, -0.25) is 0 Å². The maximum Gasteiger partial charge on any atom is 0.162 e. The van der Waals surface area contributed by atoms with E-state index >= 15 is 0 Å². The number of hydrogen-bond acceptors (Lipinski definition) is 4. The van der Waals surface area contributed by atoms with Crippen LogP contribution in [0.3, 0.4) is 0 Å². The van der Waals surface area contributed by atoms with Crippen molar-refractivity contribution in [3.63, 3.8) is 0 Å². The Morgan fingerprint density at radius 2 is 1.56 bits per heavy atom. The third-order valence-electron chi connectivity index (χ3n) is 5.67. The first-order valence-corrected chi connectivity index (χ1v) is 11.8. The number of rotatable bonds is 13. The summed E-state index contributed by atoms with van der Waals surface area (Å²) < 4.78 is 17.0. The molecule has 1 N–H and O–H groups in total. The van der Waals surface area contributed by atoms with E-state index < -0.39 is 0 Å². The van der Waals surface area contributed by atoms with E-state index in [-0.39, 0.29) is 0 Å². The van der Waals surface area contributed by atoms with Crippen molar-refractivity contribution < 1.29 is 14.2 Å². The Morgan fingerprint density at radius 1 is 0.812 bits per heavy atom. The Bertz CT molecular complexity index is 1010. The molecule has 0 amide bonds. The standard InChI is InChI=1S/C27H34ClNO3/c1-4-5-6-7-10-15-32-25-14-13-20-11-8-9-12-22(20)23(25)19-29-18-21-16-26(30-2)27(31-3)17-24(21)28/h8-9,11-14,16-17,29H,4-7,10,15,18-19H2,1-3H3. The zero-order valence-electron chi connectivity index (χ0n) is 19.4. The van der Waals surface area contributed by atoms with E-state index in [4.69, 9.17) is 25.8 Å². The molecule has 0 aliphatic rings. The summed E-state index contributed by atoms with van der Waals surface area (Å²) in [6.07, 6.45) is 6.13. The van der Waals surface area contributed by atoms with E-state index in [2.05, 4.69) is 48.6 Å². The second-order valence-corrected chi connectivity index (χ2v) is 8.34. The van der Waals surface area contributed by atoms with Gasteiger partial charge >= 0.3 is 0 Å². The lowest BCUT2D eigenvalue weighted by Crippen LogP contribution is -2.15. The molecule has 0 saturated heterocycles. The topological polar surface area (TPSA) is 39.7 Å². The maximum absolute atomic E-state index is 6.47. The number of fused-ring (bicyclic) bond motifs is 1. The van der Waals surface area contributed by atoms with Crippen LogP contribution in [0.25, 0.3) is 10.8 Å². The number of hydrogen-bond donors (Lipinski definition) is 1. The van der Waals surface area contributed by atoms with Crippen molar-refractivity contribution in [1.29, 1.82) is 0 Å². The van der Waals surface area contributed by atoms with E-state index in [0.717, 1.165) is 24.3 Å². The van der Waals surface area contributed by atoms with Crippen LogP contribution >= 0.6 is 11.6 Å². The predicted molar refractivity (Wildman–Crippen MR) is 133 cm³/mol. The maximum atomic E-state index is 6.47. The summed E-state index contributed by atoms with van der Waals surface area (Å²) in [5.74, 6) is 2.25. The van der Waals surface area contributed by atoms with Crippen LogP contribution in [0.1, 0.15) is 50.2 Å². The highest BCUT2D eigenvalue weighted by atomic mass is 35.5. The Kier molecular flexibility index (Phi) is 9.51. The average molecular weight is 456 g/mol. The fourth-order valence-corrected chi connectivity index (χ4v) is 4.10. The normalized spacial score (nSPS) is 11.0. The number of halogens is 1. The molecule has 172 valence electrons. The summed E-state index contributed by atoms with van der Waals surface area (Å²) in [5.41, 5.74) is 2.14. The molecular formula is C27H34ClNO3. The van der Waals surface area contributed by atoms with Crippen LogP contribution in [-0.4, -0.2) is 20.8 Å². The van der Waals surface area contributed by atoms with Gasteiger partial charge in [0.05, 0.1) is 20.8 Å². The molecule has 0 aliphatic heterocycles. The van der Waals surface area contributed by atoms with Crippen LogP contribution in [0.4, 0.5) is 0 Å². The van der Waals surface area contributed by atoms with Crippen molar-refractivity contribution in [2.75, 3.05) is 20.8 Å². The van der Waals surface area contributed by atoms with Gasteiger partial charge in [0.15, 0.2) is 11.5 Å². The van der Waals surface area contributed by atoms with Gasteiger partial charge in [-0.15, -0.1) is 0 Å². The largest absolute Gasteiger partial charge is 0.493 e. The number of ether oxygens (including phenoxy) is 3. The predicted octanol–water partition coefficient (Wildman–Crippen LogP) is 7.15. The number of benzene rings is 3. The summed E-state index contributed by atoms with van der Waals surface area (Å²) >= 11 is 6.47. The number of methoxy groups -OCH3 is 2. The smallest absolute Gasteiger partial charge is 0.162 e. The highest BCUT2D eigenvalue weighted by Crippen LogP contribution is 2.33. The molecule has 3 aromatic rings. The molecule has 0 aromatic heterocycles. The fraction of sp³-hybridized carbons (Fsp3) is 0.407. The van der Waals surface area contributed by atoms with E-state index in [9.17, 15) is 0 Å². The first-order chi connectivity index (χ1) is 15.7. The zero-order valence-corrected chi connectivity index (χ0v) is 20.1. The molecule has 0 spiro atoms. The molecule has 4 nitrogen and oxygen atoms in total. The van der Waals surface area contributed by atoms with Crippen LogP contribution in [0.2, 0.25) is 5.02 Å². The van der Waals surface area contributed by atoms with Gasteiger partial charge in [-0.2, -0.15) is 0 Å². The van der Waals surface area contributed by atoms with Gasteiger partial charge in [-0.1, -0.05) is 74.5 Å². The minimum absolute atomic E-state index is 0.610. The van der Waals surface area contributed by atoms with Crippen molar-refractivity contribution in [3.8, 4) is 17.2 Å². The molecule has 0 radical (unpaired) electrons. The minimum Gasteiger partial charge on any atom is -0.493 e. The SMILES string of the molecule is CCCCCCCOc1ccc2ccccc2c1CNCc1cc(OC)c(OC)cc1Cl. The van der Waals surface area contributed by atoms with E-state index in [1.165, 1.54) is 42.0 Å². The lowest BCUT2D eigenvalue weighted by molar-refractivity contribution is 0.301. The van der Waals surface area contributed by atoms with Gasteiger partial charge in [0, 0.05) is 29.7 Å². The molecule has 5 heteroatoms. The summed E-state index contributed by atoms with van der Waals surface area (Å²) in [6.45, 7) is 4.27. The van der Waals surface area contributed by atoms with Gasteiger partial charge in [0.2, 0.25) is 0 Å². The second-order valence-electron chi connectivity index (χ2n) is 7.93. The van der Waals surface area contributed by atoms with Gasteiger partial charge in [0.25, 0.3) is 0 Å². The quantitative estimate of drug-likeness (QED) is 0.278. The zero-order chi connectivity index (χ0) is 22.8. The Balaban J connectivity index is 1.71. The van der Waals surface area contributed by atoms with Crippen molar-refractivity contribution in [2.45, 2.75) is 52.1 Å². The average Bonchev–Trinajstić information content (AvgIpc) is 2.82. The third kappa shape index (κ3) is 6.30. The van der Waals surface area contributed by atoms with Crippen LogP contribution in [-0.2, 0) is 13.1 Å². The third-order valence-corrected chi connectivity index (χ3v) is 6.02. The first-order valence-electron chi connectivity index (χ1n) is 11.4. The highest BCUT2D eigenvalue weighted by Gasteiger charge is 2.12. The first kappa shape index (κ1) is 24.2. The van der Waals surface area contributed by atoms with Crippen LogP contribution < -0.4 is 19.5 Å². The van der Waals surface area contributed by atoms with Crippen molar-refractivity contribution in [3.05, 3.63) is 64.7 Å². The molecule has 0 bridgehead atoms. The summed E-state index contributed by atoms with van der Waals surface area (Å²) in [6, 6.07) is 16.4. The molecule has 3 rings (SSSR count). The Morgan fingerprint density at radius 3 is 2.34 bits per heavy atom. The minimum atomic E-state index is 0.610. The van der Waals surface area contributed by atoms with E-state index in [1.54, 1.807) is 20.3 Å². The molecule has 32 heavy (non-hydrogen) atoms. The molecule has 0 saturated carbocycles. The second kappa shape index (κ2) is 12.6. The molecule has 0 heterocycles. The molecular weight excluding hydrogens is 422 g/mol. The molecule has 0 atom stereocenters. The van der Waals surface area contributed by atoms with Gasteiger partial charge in [-0.05, 0) is 34.9 Å². The van der Waals surface area contributed by atoms with Crippen LogP contribution in [0.15, 0.2) is 48.5 Å². The van der Waals surface area contributed by atoms with E-state index in [0.29, 0.717) is 29.6 Å². The molecule has 0 aliphatic carbocycles. The van der Waals surface area contributed by atoms with Crippen molar-refractivity contribution >= 4 is 22.4 Å². The summed E-state index contributed by atoms with van der Waals surface area (Å²) in [7, 11) is 3.24. The number of unbranched alkanes of at least 4 members (excludes halogenated alkanes) is 4. The van der Waals surface area contributed by atoms with Crippen molar-refractivity contribution in [1.82, 2.24) is 5.32 Å². The van der Waals surface area contributed by atoms with E-state index in [1.807, 2.05) is 6.07 Å². The van der Waals surface area contributed by atoms with Gasteiger partial charge < -0.3 is 19.5 Å². The number of nitrogens with one attached hydrogen (secondary N) is 1. The highest BCUT2D eigenvalue weighted by molar-refractivity contribution is 6.31. The molecule has 0 fully saturated rings. The molecule has 0 unspecified atom stereocenters. The lowest BCUT2D eigenvalue weighted by Gasteiger charge is -2.16. The van der Waals surface area contributed by atoms with Gasteiger partial charge in [-0.25, -0.2) is 0 Å².